The fourth-order valence-electron chi connectivity index (χ4n) is 5.24. The topological polar surface area (TPSA) is 97.8 Å². The molecule has 42 heavy (non-hydrogen) atoms. The first-order valence-corrected chi connectivity index (χ1v) is 14.5. The number of ether oxygens (including phenoxy) is 4. The number of morpholine rings is 1. The molecule has 0 aromatic heterocycles. The van der Waals surface area contributed by atoms with Gasteiger partial charge in [0, 0.05) is 31.7 Å². The molecule has 0 aliphatic carbocycles. The third kappa shape index (κ3) is 7.14. The number of carbonyl (C=O) groups is 2. The minimum atomic E-state index is -0.797. The first kappa shape index (κ1) is 31.1. The lowest BCUT2D eigenvalue weighted by atomic mass is 9.94. The van der Waals surface area contributed by atoms with E-state index < -0.39 is 17.7 Å². The summed E-state index contributed by atoms with van der Waals surface area (Å²) in [5, 5.41) is 11.6. The van der Waals surface area contributed by atoms with Crippen molar-refractivity contribution in [3.05, 3.63) is 71.3 Å². The summed E-state index contributed by atoms with van der Waals surface area (Å²) >= 11 is 0. The summed E-state index contributed by atoms with van der Waals surface area (Å²) in [6, 6.07) is 9.79. The zero-order valence-corrected chi connectivity index (χ0v) is 25.1. The number of hydrogen-bond acceptors (Lipinski definition) is 8. The van der Waals surface area contributed by atoms with Crippen molar-refractivity contribution >= 4 is 17.4 Å². The summed E-state index contributed by atoms with van der Waals surface area (Å²) in [5.41, 5.74) is 1.95. The Bertz CT molecular complexity index is 1310. The van der Waals surface area contributed by atoms with Gasteiger partial charge < -0.3 is 29.0 Å². The second kappa shape index (κ2) is 14.4. The Labute approximate surface area is 248 Å². The maximum Gasteiger partial charge on any atom is 0.295 e. The predicted octanol–water partition coefficient (Wildman–Crippen LogP) is 4.75. The van der Waals surface area contributed by atoms with Crippen LogP contribution in [-0.4, -0.2) is 86.3 Å². The average molecular weight is 579 g/mol. The molecule has 0 radical (unpaired) electrons. The van der Waals surface area contributed by atoms with Crippen molar-refractivity contribution in [1.29, 1.82) is 0 Å². The second-order valence-corrected chi connectivity index (χ2v) is 11.0. The molecule has 226 valence electrons. The van der Waals surface area contributed by atoms with Crippen LogP contribution in [0.3, 0.4) is 0 Å². The summed E-state index contributed by atoms with van der Waals surface area (Å²) in [6.45, 7) is 14.7. The maximum atomic E-state index is 13.5. The van der Waals surface area contributed by atoms with E-state index in [0.717, 1.165) is 25.2 Å². The van der Waals surface area contributed by atoms with Crippen LogP contribution < -0.4 is 14.2 Å². The van der Waals surface area contributed by atoms with E-state index in [1.165, 1.54) is 7.11 Å². The highest BCUT2D eigenvalue weighted by Gasteiger charge is 2.46. The monoisotopic (exact) mass is 578 g/mol. The average Bonchev–Trinajstić information content (AvgIpc) is 3.24. The third-order valence-corrected chi connectivity index (χ3v) is 7.40. The minimum Gasteiger partial charge on any atom is -0.507 e. The molecule has 1 unspecified atom stereocenters. The Morgan fingerprint density at radius 3 is 2.48 bits per heavy atom. The van der Waals surface area contributed by atoms with Gasteiger partial charge in [0.15, 0.2) is 11.5 Å². The number of amides is 1. The molecule has 1 amide bonds. The SMILES string of the molecule is C=CCOc1ccc(C2/C(=C(\O)c3ccc(OCC(C)C)c(C)c3)C(=O)C(=O)N2CCCN2CCOCC2)cc1OC. The number of nitrogens with zero attached hydrogens (tertiary/aromatic N) is 2. The number of carbonyl (C=O) groups excluding carboxylic acids is 2. The minimum absolute atomic E-state index is 0.0448. The van der Waals surface area contributed by atoms with E-state index in [4.69, 9.17) is 18.9 Å². The summed E-state index contributed by atoms with van der Waals surface area (Å²) in [5.74, 6) is 0.463. The smallest absolute Gasteiger partial charge is 0.295 e. The Kier molecular flexibility index (Phi) is 10.7. The highest BCUT2D eigenvalue weighted by atomic mass is 16.5. The van der Waals surface area contributed by atoms with E-state index in [9.17, 15) is 14.7 Å². The third-order valence-electron chi connectivity index (χ3n) is 7.40. The van der Waals surface area contributed by atoms with Gasteiger partial charge in [-0.2, -0.15) is 0 Å². The van der Waals surface area contributed by atoms with Crippen molar-refractivity contribution in [3.8, 4) is 17.2 Å². The first-order valence-electron chi connectivity index (χ1n) is 14.5. The molecule has 2 saturated heterocycles. The summed E-state index contributed by atoms with van der Waals surface area (Å²) in [4.78, 5) is 30.8. The van der Waals surface area contributed by atoms with Crippen molar-refractivity contribution < 1.29 is 33.6 Å². The molecule has 2 aromatic carbocycles. The number of aryl methyl sites for hydroxylation is 1. The summed E-state index contributed by atoms with van der Waals surface area (Å²) in [7, 11) is 1.53. The van der Waals surface area contributed by atoms with Crippen LogP contribution in [0.5, 0.6) is 17.2 Å². The van der Waals surface area contributed by atoms with Gasteiger partial charge in [0.2, 0.25) is 0 Å². The Morgan fingerprint density at radius 2 is 1.81 bits per heavy atom. The summed E-state index contributed by atoms with van der Waals surface area (Å²) in [6.07, 6.45) is 2.31. The van der Waals surface area contributed by atoms with Crippen molar-refractivity contribution in [2.75, 3.05) is 59.7 Å². The van der Waals surface area contributed by atoms with Crippen molar-refractivity contribution in [2.45, 2.75) is 33.2 Å². The number of methoxy groups -OCH3 is 1. The van der Waals surface area contributed by atoms with Crippen LogP contribution in [0.25, 0.3) is 5.76 Å². The molecular formula is C33H42N2O7. The highest BCUT2D eigenvalue weighted by Crippen LogP contribution is 2.42. The van der Waals surface area contributed by atoms with E-state index in [1.807, 2.05) is 6.92 Å². The van der Waals surface area contributed by atoms with E-state index in [0.29, 0.717) is 73.7 Å². The lowest BCUT2D eigenvalue weighted by Gasteiger charge is -2.29. The molecule has 2 aromatic rings. The Balaban J connectivity index is 1.71. The van der Waals surface area contributed by atoms with Gasteiger partial charge in [-0.25, -0.2) is 0 Å². The fraction of sp³-hybridized carbons (Fsp3) is 0.455. The van der Waals surface area contributed by atoms with Crippen molar-refractivity contribution in [1.82, 2.24) is 9.80 Å². The zero-order chi connectivity index (χ0) is 30.2. The molecule has 4 rings (SSSR count). The van der Waals surface area contributed by atoms with E-state index >= 15 is 0 Å². The molecule has 9 heteroatoms. The van der Waals surface area contributed by atoms with Crippen LogP contribution in [0, 0.1) is 12.8 Å². The maximum absolute atomic E-state index is 13.5. The number of ketones is 1. The number of aliphatic hydroxyl groups excluding tert-OH is 1. The zero-order valence-electron chi connectivity index (χ0n) is 25.1. The van der Waals surface area contributed by atoms with Crippen LogP contribution in [0.4, 0.5) is 0 Å². The number of rotatable bonds is 13. The summed E-state index contributed by atoms with van der Waals surface area (Å²) < 4.78 is 22.6. The molecule has 0 bridgehead atoms. The molecule has 2 heterocycles. The molecule has 2 aliphatic rings. The first-order chi connectivity index (χ1) is 20.2. The van der Waals surface area contributed by atoms with Gasteiger partial charge in [0.05, 0.1) is 38.5 Å². The van der Waals surface area contributed by atoms with Crippen molar-refractivity contribution in [2.24, 2.45) is 5.92 Å². The standard InChI is InChI=1S/C33H42N2O7/c1-6-16-41-27-11-8-24(20-28(27)39-5)30-29(31(36)25-9-10-26(23(4)19-25)42-21-22(2)3)32(37)33(38)35(30)13-7-12-34-14-17-40-18-15-34/h6,8-11,19-20,22,30,36H,1,7,12-18,21H2,2-5H3/b31-29+. The largest absolute Gasteiger partial charge is 0.507 e. The number of Topliss-reactive ketones (excluding diaryl/α,β-unsaturated/α-hetero) is 1. The molecule has 1 atom stereocenters. The van der Waals surface area contributed by atoms with Crippen molar-refractivity contribution in [3.63, 3.8) is 0 Å². The quantitative estimate of drug-likeness (QED) is 0.158. The molecule has 0 spiro atoms. The number of hydrogen-bond donors (Lipinski definition) is 1. The van der Waals surface area contributed by atoms with Gasteiger partial charge >= 0.3 is 0 Å². The van der Waals surface area contributed by atoms with Gasteiger partial charge in [0.25, 0.3) is 11.7 Å². The van der Waals surface area contributed by atoms with Crippen LogP contribution in [0.1, 0.15) is 43.0 Å². The van der Waals surface area contributed by atoms with Crippen LogP contribution in [-0.2, 0) is 14.3 Å². The van der Waals surface area contributed by atoms with E-state index in [2.05, 4.69) is 25.3 Å². The number of likely N-dealkylation sites (tertiary alicyclic amines) is 1. The molecular weight excluding hydrogens is 536 g/mol. The normalized spacial score (nSPS) is 18.9. The lowest BCUT2D eigenvalue weighted by Crippen LogP contribution is -2.39. The van der Waals surface area contributed by atoms with Crippen LogP contribution in [0.2, 0.25) is 0 Å². The van der Waals surface area contributed by atoms with Gasteiger partial charge in [-0.05, 0) is 60.7 Å². The highest BCUT2D eigenvalue weighted by molar-refractivity contribution is 6.46. The number of aliphatic hydroxyl groups is 1. The lowest BCUT2D eigenvalue weighted by molar-refractivity contribution is -0.140. The molecule has 1 N–H and O–H groups in total. The van der Waals surface area contributed by atoms with Gasteiger partial charge in [-0.3, -0.25) is 14.5 Å². The van der Waals surface area contributed by atoms with Crippen LogP contribution in [0.15, 0.2) is 54.6 Å². The van der Waals surface area contributed by atoms with E-state index in [1.54, 1.807) is 47.4 Å². The second-order valence-electron chi connectivity index (χ2n) is 11.0. The van der Waals surface area contributed by atoms with Gasteiger partial charge in [-0.1, -0.05) is 32.6 Å². The Hall–Kier alpha value is -3.82. The molecule has 0 saturated carbocycles. The predicted molar refractivity (Wildman–Crippen MR) is 161 cm³/mol. The van der Waals surface area contributed by atoms with Gasteiger partial charge in [0.1, 0.15) is 18.1 Å². The van der Waals surface area contributed by atoms with E-state index in [-0.39, 0.29) is 11.3 Å². The Morgan fingerprint density at radius 1 is 1.07 bits per heavy atom. The molecule has 2 aliphatic heterocycles. The van der Waals surface area contributed by atoms with Gasteiger partial charge in [-0.15, -0.1) is 0 Å². The van der Waals surface area contributed by atoms with Crippen LogP contribution >= 0.6 is 0 Å². The molecule has 9 nitrogen and oxygen atoms in total. The number of benzene rings is 2. The molecule has 2 fully saturated rings. The fourth-order valence-corrected chi connectivity index (χ4v) is 5.24.